The van der Waals surface area contributed by atoms with E-state index in [1.165, 1.54) is 50.9 Å². The van der Waals surface area contributed by atoms with Crippen molar-refractivity contribution in [2.45, 2.75) is 52.5 Å². The van der Waals surface area contributed by atoms with Crippen LogP contribution in [0.1, 0.15) is 51.6 Å². The maximum Gasteiger partial charge on any atom is 0.0543 e. The minimum atomic E-state index is 0.471. The summed E-state index contributed by atoms with van der Waals surface area (Å²) in [6, 6.07) is 6.22. The van der Waals surface area contributed by atoms with Crippen LogP contribution in [0.5, 0.6) is 0 Å². The summed E-state index contributed by atoms with van der Waals surface area (Å²) >= 11 is 0. The molecular weight excluding hydrogens is 258 g/mol. The van der Waals surface area contributed by atoms with Crippen LogP contribution < -0.4 is 5.32 Å². The van der Waals surface area contributed by atoms with Crippen molar-refractivity contribution in [1.29, 1.82) is 0 Å². The highest BCUT2D eigenvalue weighted by Gasteiger charge is 2.33. The van der Waals surface area contributed by atoms with Gasteiger partial charge in [-0.25, -0.2) is 0 Å². The molecule has 21 heavy (non-hydrogen) atoms. The summed E-state index contributed by atoms with van der Waals surface area (Å²) in [4.78, 5) is 7.06. The SMILES string of the molecule is CCNCC1(CN(CC)Cc2ccccn2)CCCCC1. The summed E-state index contributed by atoms with van der Waals surface area (Å²) in [6.07, 6.45) is 8.86. The number of nitrogens with zero attached hydrogens (tertiary/aromatic N) is 2. The lowest BCUT2D eigenvalue weighted by molar-refractivity contribution is 0.101. The second-order valence-corrected chi connectivity index (χ2v) is 6.47. The first-order valence-electron chi connectivity index (χ1n) is 8.61. The van der Waals surface area contributed by atoms with Crippen molar-refractivity contribution in [1.82, 2.24) is 15.2 Å². The molecule has 0 aromatic carbocycles. The number of hydrogen-bond donors (Lipinski definition) is 1. The van der Waals surface area contributed by atoms with Crippen LogP contribution in [0.25, 0.3) is 0 Å². The van der Waals surface area contributed by atoms with E-state index in [-0.39, 0.29) is 0 Å². The molecule has 0 amide bonds. The van der Waals surface area contributed by atoms with E-state index >= 15 is 0 Å². The number of pyridine rings is 1. The third-order valence-electron chi connectivity index (χ3n) is 4.78. The average molecular weight is 289 g/mol. The van der Waals surface area contributed by atoms with E-state index in [2.05, 4.69) is 41.2 Å². The van der Waals surface area contributed by atoms with E-state index < -0.39 is 0 Å². The fourth-order valence-electron chi connectivity index (χ4n) is 3.56. The Hall–Kier alpha value is -0.930. The average Bonchev–Trinajstić information content (AvgIpc) is 2.54. The predicted molar refractivity (Wildman–Crippen MR) is 89.2 cm³/mol. The smallest absolute Gasteiger partial charge is 0.0543 e. The highest BCUT2D eigenvalue weighted by molar-refractivity contribution is 5.03. The number of rotatable bonds is 8. The molecule has 118 valence electrons. The lowest BCUT2D eigenvalue weighted by Gasteiger charge is -2.41. The maximum atomic E-state index is 4.49. The zero-order valence-corrected chi connectivity index (χ0v) is 13.8. The number of hydrogen-bond acceptors (Lipinski definition) is 3. The summed E-state index contributed by atoms with van der Waals surface area (Å²) in [5.74, 6) is 0. The second-order valence-electron chi connectivity index (χ2n) is 6.47. The Balaban J connectivity index is 1.99. The van der Waals surface area contributed by atoms with Crippen molar-refractivity contribution < 1.29 is 0 Å². The van der Waals surface area contributed by atoms with Gasteiger partial charge in [-0.2, -0.15) is 0 Å². The van der Waals surface area contributed by atoms with Gasteiger partial charge in [-0.15, -0.1) is 0 Å². The van der Waals surface area contributed by atoms with Crippen LogP contribution >= 0.6 is 0 Å². The first-order valence-corrected chi connectivity index (χ1v) is 8.61. The molecule has 1 aromatic heterocycles. The Morgan fingerprint density at radius 3 is 2.62 bits per heavy atom. The monoisotopic (exact) mass is 289 g/mol. The third-order valence-corrected chi connectivity index (χ3v) is 4.78. The summed E-state index contributed by atoms with van der Waals surface area (Å²) in [6.45, 7) is 10.0. The van der Waals surface area contributed by atoms with Crippen LogP contribution in [0.4, 0.5) is 0 Å². The maximum absolute atomic E-state index is 4.49. The molecule has 1 aliphatic carbocycles. The molecule has 1 saturated carbocycles. The van der Waals surface area contributed by atoms with Gasteiger partial charge in [0, 0.05) is 25.8 Å². The molecule has 3 nitrogen and oxygen atoms in total. The first-order chi connectivity index (χ1) is 10.3. The van der Waals surface area contributed by atoms with Crippen molar-refractivity contribution >= 4 is 0 Å². The molecule has 2 rings (SSSR count). The van der Waals surface area contributed by atoms with Gasteiger partial charge >= 0.3 is 0 Å². The first kappa shape index (κ1) is 16.4. The normalized spacial score (nSPS) is 18.0. The van der Waals surface area contributed by atoms with Gasteiger partial charge in [-0.1, -0.05) is 39.2 Å². The third kappa shape index (κ3) is 5.08. The molecule has 3 heteroatoms. The van der Waals surface area contributed by atoms with Crippen molar-refractivity contribution in [3.63, 3.8) is 0 Å². The number of nitrogens with one attached hydrogen (secondary N) is 1. The lowest BCUT2D eigenvalue weighted by atomic mass is 9.73. The molecule has 0 bridgehead atoms. The van der Waals surface area contributed by atoms with Gasteiger partial charge in [0.15, 0.2) is 0 Å². The van der Waals surface area contributed by atoms with Gasteiger partial charge in [0.25, 0.3) is 0 Å². The van der Waals surface area contributed by atoms with Gasteiger partial charge in [0.2, 0.25) is 0 Å². The van der Waals surface area contributed by atoms with Gasteiger partial charge in [0.05, 0.1) is 5.69 Å². The van der Waals surface area contributed by atoms with Gasteiger partial charge < -0.3 is 5.32 Å². The molecule has 1 fully saturated rings. The Kier molecular flexibility index (Phi) is 6.65. The van der Waals surface area contributed by atoms with Crippen LogP contribution in [0.3, 0.4) is 0 Å². The quantitative estimate of drug-likeness (QED) is 0.794. The molecule has 0 aliphatic heterocycles. The van der Waals surface area contributed by atoms with Crippen molar-refractivity contribution in [2.75, 3.05) is 26.2 Å². The molecule has 1 N–H and O–H groups in total. The minimum absolute atomic E-state index is 0.471. The minimum Gasteiger partial charge on any atom is -0.316 e. The van der Waals surface area contributed by atoms with E-state index in [0.29, 0.717) is 5.41 Å². The highest BCUT2D eigenvalue weighted by Crippen LogP contribution is 2.36. The molecule has 0 radical (unpaired) electrons. The fraction of sp³-hybridized carbons (Fsp3) is 0.722. The van der Waals surface area contributed by atoms with Crippen LogP contribution in [0, 0.1) is 5.41 Å². The van der Waals surface area contributed by atoms with Gasteiger partial charge in [-0.05, 0) is 43.5 Å². The van der Waals surface area contributed by atoms with Gasteiger partial charge in [-0.3, -0.25) is 9.88 Å². The molecule has 1 aromatic rings. The molecular formula is C18H31N3. The largest absolute Gasteiger partial charge is 0.316 e. The van der Waals surface area contributed by atoms with E-state index in [1.807, 2.05) is 12.3 Å². The summed E-state index contributed by atoms with van der Waals surface area (Å²) < 4.78 is 0. The van der Waals surface area contributed by atoms with Crippen LogP contribution in [-0.4, -0.2) is 36.1 Å². The molecule has 0 atom stereocenters. The van der Waals surface area contributed by atoms with E-state index in [4.69, 9.17) is 0 Å². The molecule has 0 unspecified atom stereocenters. The predicted octanol–water partition coefficient (Wildman–Crippen LogP) is 3.46. The van der Waals surface area contributed by atoms with E-state index in [9.17, 15) is 0 Å². The Morgan fingerprint density at radius 2 is 2.00 bits per heavy atom. The second kappa shape index (κ2) is 8.50. The molecule has 0 saturated heterocycles. The molecule has 1 aliphatic rings. The van der Waals surface area contributed by atoms with Crippen molar-refractivity contribution in [3.05, 3.63) is 30.1 Å². The molecule has 1 heterocycles. The van der Waals surface area contributed by atoms with Gasteiger partial charge in [0.1, 0.15) is 0 Å². The standard InChI is InChI=1S/C18H31N3/c1-3-19-15-18(11-7-5-8-12-18)16-21(4-2)14-17-10-6-9-13-20-17/h6,9-10,13,19H,3-5,7-8,11-12,14-16H2,1-2H3. The van der Waals surface area contributed by atoms with Crippen molar-refractivity contribution in [2.24, 2.45) is 5.41 Å². The summed E-state index contributed by atoms with van der Waals surface area (Å²) in [5.41, 5.74) is 1.66. The number of aromatic nitrogens is 1. The van der Waals surface area contributed by atoms with Crippen LogP contribution in [-0.2, 0) is 6.54 Å². The summed E-state index contributed by atoms with van der Waals surface area (Å²) in [5, 5.41) is 3.61. The highest BCUT2D eigenvalue weighted by atomic mass is 15.1. The zero-order chi connectivity index (χ0) is 15.0. The fourth-order valence-corrected chi connectivity index (χ4v) is 3.56. The Bertz CT molecular complexity index is 385. The topological polar surface area (TPSA) is 28.2 Å². The van der Waals surface area contributed by atoms with Crippen molar-refractivity contribution in [3.8, 4) is 0 Å². The van der Waals surface area contributed by atoms with Crippen LogP contribution in [0.2, 0.25) is 0 Å². The Labute approximate surface area is 130 Å². The summed E-state index contributed by atoms with van der Waals surface area (Å²) in [7, 11) is 0. The lowest BCUT2D eigenvalue weighted by Crippen LogP contribution is -2.45. The Morgan fingerprint density at radius 1 is 1.19 bits per heavy atom. The van der Waals surface area contributed by atoms with E-state index in [0.717, 1.165) is 19.6 Å². The molecule has 0 spiro atoms. The van der Waals surface area contributed by atoms with E-state index in [1.54, 1.807) is 0 Å². The zero-order valence-electron chi connectivity index (χ0n) is 13.8. The van der Waals surface area contributed by atoms with Crippen LogP contribution in [0.15, 0.2) is 24.4 Å².